The summed E-state index contributed by atoms with van der Waals surface area (Å²) in [5.74, 6) is 0.865. The van der Waals surface area contributed by atoms with Crippen molar-refractivity contribution in [2.75, 3.05) is 12.4 Å². The summed E-state index contributed by atoms with van der Waals surface area (Å²) in [4.78, 5) is 12.5. The third-order valence-corrected chi connectivity index (χ3v) is 5.43. The molecule has 3 aromatic carbocycles. The zero-order chi connectivity index (χ0) is 20.7. The van der Waals surface area contributed by atoms with Crippen molar-refractivity contribution in [1.82, 2.24) is 4.72 Å². The lowest BCUT2D eigenvalue weighted by molar-refractivity contribution is -0.111. The average Bonchev–Trinajstić information content (AvgIpc) is 2.75. The van der Waals surface area contributed by atoms with Crippen LogP contribution in [0.15, 0.2) is 89.8 Å². The average molecular weight is 408 g/mol. The molecule has 0 saturated heterocycles. The Hall–Kier alpha value is -3.42. The molecule has 0 unspecified atom stereocenters. The van der Waals surface area contributed by atoms with Gasteiger partial charge in [-0.25, -0.2) is 13.1 Å². The molecule has 1 amide bonds. The molecule has 2 N–H and O–H groups in total. The molecule has 0 fully saturated rings. The minimum absolute atomic E-state index is 0.161. The highest BCUT2D eigenvalue weighted by atomic mass is 32.2. The van der Waals surface area contributed by atoms with Crippen molar-refractivity contribution in [3.8, 4) is 11.5 Å². The third kappa shape index (κ3) is 5.54. The monoisotopic (exact) mass is 408 g/mol. The molecule has 29 heavy (non-hydrogen) atoms. The number of amides is 1. The quantitative estimate of drug-likeness (QED) is 0.578. The van der Waals surface area contributed by atoms with Crippen LogP contribution < -0.4 is 14.8 Å². The predicted molar refractivity (Wildman–Crippen MR) is 113 cm³/mol. The predicted octanol–water partition coefficient (Wildman–Crippen LogP) is 4.04. The highest BCUT2D eigenvalue weighted by Crippen LogP contribution is 2.29. The minimum atomic E-state index is -3.48. The summed E-state index contributed by atoms with van der Waals surface area (Å²) < 4.78 is 31.6. The summed E-state index contributed by atoms with van der Waals surface area (Å²) in [5.41, 5.74) is 1.24. The second kappa shape index (κ2) is 9.18. The topological polar surface area (TPSA) is 84.5 Å². The first-order valence-corrected chi connectivity index (χ1v) is 10.3. The van der Waals surface area contributed by atoms with Crippen LogP contribution in [-0.4, -0.2) is 21.4 Å². The highest BCUT2D eigenvalue weighted by molar-refractivity contribution is 7.89. The van der Waals surface area contributed by atoms with E-state index < -0.39 is 10.0 Å². The molecule has 0 aliphatic carbocycles. The fourth-order valence-corrected chi connectivity index (χ4v) is 3.23. The van der Waals surface area contributed by atoms with Crippen molar-refractivity contribution in [2.24, 2.45) is 0 Å². The fourth-order valence-electron chi connectivity index (χ4n) is 2.50. The van der Waals surface area contributed by atoms with Gasteiger partial charge in [0.25, 0.3) is 0 Å². The van der Waals surface area contributed by atoms with E-state index in [9.17, 15) is 13.2 Å². The van der Waals surface area contributed by atoms with Crippen LogP contribution in [0.4, 0.5) is 5.69 Å². The number of ether oxygens (including phenoxy) is 1. The van der Waals surface area contributed by atoms with Gasteiger partial charge in [-0.1, -0.05) is 42.5 Å². The van der Waals surface area contributed by atoms with Gasteiger partial charge >= 0.3 is 0 Å². The molecule has 3 rings (SSSR count). The molecule has 6 nitrogen and oxygen atoms in total. The molecular formula is C22H20N2O4S. The van der Waals surface area contributed by atoms with Crippen molar-refractivity contribution in [1.29, 1.82) is 0 Å². The summed E-state index contributed by atoms with van der Waals surface area (Å²) >= 11 is 0. The zero-order valence-electron chi connectivity index (χ0n) is 15.7. The Labute approximate surface area is 169 Å². The van der Waals surface area contributed by atoms with Gasteiger partial charge in [0.2, 0.25) is 15.9 Å². The number of hydrogen-bond donors (Lipinski definition) is 2. The molecule has 0 bridgehead atoms. The Morgan fingerprint density at radius 2 is 1.55 bits per heavy atom. The Kier molecular flexibility index (Phi) is 6.43. The Morgan fingerprint density at radius 1 is 0.897 bits per heavy atom. The van der Waals surface area contributed by atoms with E-state index in [1.807, 2.05) is 36.4 Å². The van der Waals surface area contributed by atoms with Gasteiger partial charge < -0.3 is 10.1 Å². The molecule has 148 valence electrons. The normalized spacial score (nSPS) is 11.3. The van der Waals surface area contributed by atoms with Gasteiger partial charge in [-0.05, 0) is 55.1 Å². The van der Waals surface area contributed by atoms with Crippen LogP contribution in [-0.2, 0) is 14.8 Å². The SMILES string of the molecule is CNS(=O)(=O)c1ccc(/C=C/C(=O)Nc2ccccc2Oc2ccccc2)cc1. The van der Waals surface area contributed by atoms with Crippen molar-refractivity contribution in [3.63, 3.8) is 0 Å². The van der Waals surface area contributed by atoms with Gasteiger partial charge in [-0.2, -0.15) is 0 Å². The van der Waals surface area contributed by atoms with Crippen LogP contribution in [0.3, 0.4) is 0 Å². The Bertz CT molecular complexity index is 1110. The molecule has 0 radical (unpaired) electrons. The largest absolute Gasteiger partial charge is 0.455 e. The van der Waals surface area contributed by atoms with Gasteiger partial charge in [0, 0.05) is 6.08 Å². The summed E-state index contributed by atoms with van der Waals surface area (Å²) in [6.45, 7) is 0. The molecule has 0 saturated carbocycles. The van der Waals surface area contributed by atoms with E-state index in [2.05, 4.69) is 10.0 Å². The molecule has 3 aromatic rings. The number of hydrogen-bond acceptors (Lipinski definition) is 4. The fraction of sp³-hybridized carbons (Fsp3) is 0.0455. The zero-order valence-corrected chi connectivity index (χ0v) is 16.5. The number of carbonyl (C=O) groups excluding carboxylic acids is 1. The molecule has 0 atom stereocenters. The van der Waals surface area contributed by atoms with E-state index in [1.54, 1.807) is 36.4 Å². The second-order valence-corrected chi connectivity index (χ2v) is 7.90. The lowest BCUT2D eigenvalue weighted by Crippen LogP contribution is -2.18. The third-order valence-electron chi connectivity index (χ3n) is 4.00. The van der Waals surface area contributed by atoms with Gasteiger partial charge in [0.05, 0.1) is 10.6 Å². The standard InChI is InChI=1S/C22H20N2O4S/c1-23-29(26,27)19-14-11-17(12-15-19)13-16-22(25)24-20-9-5-6-10-21(20)28-18-7-3-2-4-8-18/h2-16,23H,1H3,(H,24,25)/b16-13+. The minimum Gasteiger partial charge on any atom is -0.455 e. The van der Waals surface area contributed by atoms with Crippen LogP contribution in [0.1, 0.15) is 5.56 Å². The first kappa shape index (κ1) is 20.3. The Morgan fingerprint density at radius 3 is 2.24 bits per heavy atom. The lowest BCUT2D eigenvalue weighted by Gasteiger charge is -2.11. The molecule has 0 aromatic heterocycles. The van der Waals surface area contributed by atoms with Crippen molar-refractivity contribution in [3.05, 3.63) is 90.5 Å². The van der Waals surface area contributed by atoms with Gasteiger partial charge in [0.15, 0.2) is 5.75 Å². The number of para-hydroxylation sites is 3. The van der Waals surface area contributed by atoms with E-state index in [-0.39, 0.29) is 10.8 Å². The first-order valence-electron chi connectivity index (χ1n) is 8.82. The van der Waals surface area contributed by atoms with Gasteiger partial charge in [-0.3, -0.25) is 4.79 Å². The van der Waals surface area contributed by atoms with Crippen LogP contribution in [0, 0.1) is 0 Å². The number of carbonyl (C=O) groups is 1. The summed E-state index contributed by atoms with van der Waals surface area (Å²) in [6, 6.07) is 22.6. The second-order valence-electron chi connectivity index (χ2n) is 6.01. The van der Waals surface area contributed by atoms with Gasteiger partial charge in [0.1, 0.15) is 5.75 Å². The summed E-state index contributed by atoms with van der Waals surface area (Å²) in [6.07, 6.45) is 2.98. The lowest BCUT2D eigenvalue weighted by atomic mass is 10.2. The van der Waals surface area contributed by atoms with Crippen molar-refractivity contribution < 1.29 is 17.9 Å². The van der Waals surface area contributed by atoms with E-state index in [1.165, 1.54) is 25.3 Å². The van der Waals surface area contributed by atoms with E-state index in [4.69, 9.17) is 4.74 Å². The molecule has 0 heterocycles. The molecule has 0 spiro atoms. The van der Waals surface area contributed by atoms with E-state index >= 15 is 0 Å². The van der Waals surface area contributed by atoms with Crippen LogP contribution in [0.2, 0.25) is 0 Å². The number of rotatable bonds is 7. The van der Waals surface area contributed by atoms with Crippen LogP contribution in [0.5, 0.6) is 11.5 Å². The summed E-state index contributed by atoms with van der Waals surface area (Å²) in [7, 11) is -2.13. The first-order chi connectivity index (χ1) is 14.0. The maximum Gasteiger partial charge on any atom is 0.248 e. The maximum absolute atomic E-state index is 12.3. The number of anilines is 1. The van der Waals surface area contributed by atoms with Gasteiger partial charge in [-0.15, -0.1) is 0 Å². The molecule has 7 heteroatoms. The van der Waals surface area contributed by atoms with Crippen molar-refractivity contribution >= 4 is 27.7 Å². The Balaban J connectivity index is 1.68. The number of sulfonamides is 1. The molecule has 0 aliphatic rings. The van der Waals surface area contributed by atoms with Crippen molar-refractivity contribution in [2.45, 2.75) is 4.90 Å². The van der Waals surface area contributed by atoms with Crippen LogP contribution >= 0.6 is 0 Å². The number of nitrogens with one attached hydrogen (secondary N) is 2. The molecule has 0 aliphatic heterocycles. The molecular weight excluding hydrogens is 388 g/mol. The van der Waals surface area contributed by atoms with Crippen LogP contribution in [0.25, 0.3) is 6.08 Å². The van der Waals surface area contributed by atoms with E-state index in [0.717, 1.165) is 0 Å². The highest BCUT2D eigenvalue weighted by Gasteiger charge is 2.10. The maximum atomic E-state index is 12.3. The summed E-state index contributed by atoms with van der Waals surface area (Å²) in [5, 5.41) is 2.79. The number of benzene rings is 3. The smallest absolute Gasteiger partial charge is 0.248 e. The van der Waals surface area contributed by atoms with E-state index in [0.29, 0.717) is 22.7 Å².